The van der Waals surface area contributed by atoms with E-state index in [0.717, 1.165) is 11.1 Å². The number of fused-ring (bicyclic) bond motifs is 2. The van der Waals surface area contributed by atoms with E-state index in [-0.39, 0.29) is 31.5 Å². The molecule has 3 N–H and O–H groups in total. The van der Waals surface area contributed by atoms with Gasteiger partial charge in [-0.15, -0.1) is 0 Å². The van der Waals surface area contributed by atoms with E-state index >= 15 is 0 Å². The largest absolute Gasteiger partial charge is 0.454 e. The molecule has 0 radical (unpaired) electrons. The quantitative estimate of drug-likeness (QED) is 0.274. The summed E-state index contributed by atoms with van der Waals surface area (Å²) in [6, 6.07) is 13.6. The van der Waals surface area contributed by atoms with Gasteiger partial charge in [0.25, 0.3) is 11.8 Å². The van der Waals surface area contributed by atoms with E-state index in [9.17, 15) is 14.7 Å². The van der Waals surface area contributed by atoms with Crippen LogP contribution in [0.4, 0.5) is 0 Å². The molecular formula is C28H23N5O5S. The van der Waals surface area contributed by atoms with Crippen LogP contribution >= 0.6 is 11.3 Å². The topological polar surface area (TPSA) is 127 Å². The summed E-state index contributed by atoms with van der Waals surface area (Å²) in [6.07, 6.45) is 4.91. The van der Waals surface area contributed by atoms with Gasteiger partial charge in [0, 0.05) is 36.1 Å². The molecule has 39 heavy (non-hydrogen) atoms. The lowest BCUT2D eigenvalue weighted by Gasteiger charge is -2.16. The van der Waals surface area contributed by atoms with Crippen molar-refractivity contribution in [3.8, 4) is 22.8 Å². The number of aromatic nitrogens is 3. The number of aliphatic hydroxyl groups is 1. The van der Waals surface area contributed by atoms with Crippen molar-refractivity contribution >= 4 is 28.8 Å². The Hall–Kier alpha value is -4.74. The smallest absolute Gasteiger partial charge is 0.271 e. The van der Waals surface area contributed by atoms with Crippen LogP contribution in [-0.2, 0) is 6.54 Å². The van der Waals surface area contributed by atoms with E-state index < -0.39 is 11.9 Å². The van der Waals surface area contributed by atoms with Crippen molar-refractivity contribution in [3.05, 3.63) is 100 Å². The highest BCUT2D eigenvalue weighted by Gasteiger charge is 2.26. The number of aliphatic hydroxyl groups excluding tert-OH is 1. The first-order chi connectivity index (χ1) is 19.1. The Morgan fingerprint density at radius 1 is 1.10 bits per heavy atom. The number of ether oxygens (including phenoxy) is 2. The van der Waals surface area contributed by atoms with Crippen molar-refractivity contribution in [3.63, 3.8) is 0 Å². The second-order valence-corrected chi connectivity index (χ2v) is 9.58. The van der Waals surface area contributed by atoms with Crippen LogP contribution in [-0.4, -0.2) is 44.7 Å². The number of nitrogens with zero attached hydrogens (tertiary/aromatic N) is 3. The Labute approximate surface area is 226 Å². The van der Waals surface area contributed by atoms with E-state index in [0.29, 0.717) is 34.0 Å². The van der Waals surface area contributed by atoms with E-state index in [1.165, 1.54) is 11.3 Å². The average Bonchev–Trinajstić information content (AvgIpc) is 3.74. The molecule has 5 heterocycles. The van der Waals surface area contributed by atoms with Crippen molar-refractivity contribution in [2.24, 2.45) is 0 Å². The van der Waals surface area contributed by atoms with Crippen molar-refractivity contribution in [1.82, 2.24) is 25.0 Å². The molecule has 5 aromatic rings. The summed E-state index contributed by atoms with van der Waals surface area (Å²) >= 11 is 1.48. The maximum absolute atomic E-state index is 13.6. The molecule has 1 aliphatic heterocycles. The Kier molecular flexibility index (Phi) is 6.66. The van der Waals surface area contributed by atoms with Gasteiger partial charge in [-0.2, -0.15) is 11.3 Å². The zero-order valence-corrected chi connectivity index (χ0v) is 21.4. The molecule has 2 amide bonds. The fourth-order valence-electron chi connectivity index (χ4n) is 4.43. The highest BCUT2D eigenvalue weighted by molar-refractivity contribution is 7.08. The summed E-state index contributed by atoms with van der Waals surface area (Å²) in [5.74, 6) is 0.534. The summed E-state index contributed by atoms with van der Waals surface area (Å²) in [5.41, 5.74) is 3.63. The van der Waals surface area contributed by atoms with Gasteiger partial charge in [0.15, 0.2) is 17.1 Å². The molecule has 1 atom stereocenters. The van der Waals surface area contributed by atoms with Crippen molar-refractivity contribution in [2.75, 3.05) is 13.4 Å². The third-order valence-electron chi connectivity index (χ3n) is 6.37. The number of hydrogen-bond acceptors (Lipinski definition) is 8. The maximum Gasteiger partial charge on any atom is 0.271 e. The maximum atomic E-state index is 13.6. The lowest BCUT2D eigenvalue weighted by molar-refractivity contribution is 0.0908. The van der Waals surface area contributed by atoms with E-state index in [4.69, 9.17) is 14.5 Å². The zero-order valence-electron chi connectivity index (χ0n) is 20.5. The molecule has 1 aliphatic rings. The van der Waals surface area contributed by atoms with Crippen LogP contribution in [0.1, 0.15) is 38.0 Å². The van der Waals surface area contributed by atoms with Crippen LogP contribution in [0.25, 0.3) is 16.9 Å². The minimum atomic E-state index is -0.666. The van der Waals surface area contributed by atoms with Gasteiger partial charge in [-0.25, -0.2) is 4.98 Å². The number of imidazole rings is 1. The van der Waals surface area contributed by atoms with Crippen LogP contribution in [0.3, 0.4) is 0 Å². The lowest BCUT2D eigenvalue weighted by Crippen LogP contribution is -2.32. The number of carbonyl (C=O) groups is 2. The molecule has 0 fully saturated rings. The van der Waals surface area contributed by atoms with E-state index in [1.807, 2.05) is 35.0 Å². The van der Waals surface area contributed by atoms with Crippen molar-refractivity contribution in [1.29, 1.82) is 0 Å². The Morgan fingerprint density at radius 3 is 2.79 bits per heavy atom. The minimum absolute atomic E-state index is 0.177. The molecular weight excluding hydrogens is 518 g/mol. The molecule has 0 saturated heterocycles. The molecule has 196 valence electrons. The molecule has 1 unspecified atom stereocenters. The van der Waals surface area contributed by atoms with Gasteiger partial charge in [-0.05, 0) is 52.9 Å². The fraction of sp³-hybridized carbons (Fsp3) is 0.143. The third kappa shape index (κ3) is 4.80. The number of pyridine rings is 2. The SMILES string of the molecule is O=C(NCc1ccc2c(c1)OCO2)c1cccn2c(C(=O)NC(CO)c3cccnc3)c(-c3ccsc3)nc12. The Bertz CT molecular complexity index is 1650. The van der Waals surface area contributed by atoms with Crippen LogP contribution in [0.15, 0.2) is 77.9 Å². The Morgan fingerprint density at radius 2 is 2.00 bits per heavy atom. The summed E-state index contributed by atoms with van der Waals surface area (Å²) in [7, 11) is 0. The minimum Gasteiger partial charge on any atom is -0.454 e. The number of hydrogen-bond donors (Lipinski definition) is 3. The number of nitrogens with one attached hydrogen (secondary N) is 2. The van der Waals surface area contributed by atoms with Crippen LogP contribution in [0.2, 0.25) is 0 Å². The first kappa shape index (κ1) is 24.6. The summed E-state index contributed by atoms with van der Waals surface area (Å²) in [4.78, 5) is 35.8. The fourth-order valence-corrected chi connectivity index (χ4v) is 5.07. The normalized spacial score (nSPS) is 12.8. The summed E-state index contributed by atoms with van der Waals surface area (Å²) in [6.45, 7) is 0.136. The summed E-state index contributed by atoms with van der Waals surface area (Å²) < 4.78 is 12.4. The number of carbonyl (C=O) groups excluding carboxylic acids is 2. The molecule has 11 heteroatoms. The average molecular weight is 542 g/mol. The van der Waals surface area contributed by atoms with Crippen LogP contribution in [0, 0.1) is 0 Å². The highest BCUT2D eigenvalue weighted by atomic mass is 32.1. The molecule has 1 aromatic carbocycles. The van der Waals surface area contributed by atoms with Crippen molar-refractivity contribution in [2.45, 2.75) is 12.6 Å². The third-order valence-corrected chi connectivity index (χ3v) is 7.05. The first-order valence-electron chi connectivity index (χ1n) is 12.1. The standard InChI is InChI=1S/C28H23N5O5S/c34-14-21(18-3-1-8-29-13-18)31-28(36)25-24(19-7-10-39-15-19)32-26-20(4-2-9-33(25)26)27(35)30-12-17-5-6-22-23(11-17)38-16-37-22/h1-11,13,15,21,34H,12,14,16H2,(H,30,35)(H,31,36). The molecule has 0 spiro atoms. The number of benzene rings is 1. The highest BCUT2D eigenvalue weighted by Crippen LogP contribution is 2.32. The van der Waals surface area contributed by atoms with Gasteiger partial charge in [-0.3, -0.25) is 19.0 Å². The first-order valence-corrected chi connectivity index (χ1v) is 13.1. The monoisotopic (exact) mass is 541 g/mol. The van der Waals surface area contributed by atoms with Crippen molar-refractivity contribution < 1.29 is 24.2 Å². The lowest BCUT2D eigenvalue weighted by atomic mass is 10.1. The van der Waals surface area contributed by atoms with E-state index in [2.05, 4.69) is 15.6 Å². The predicted octanol–water partition coefficient (Wildman–Crippen LogP) is 3.58. The molecule has 0 aliphatic carbocycles. The van der Waals surface area contributed by atoms with E-state index in [1.54, 1.807) is 47.3 Å². The number of rotatable bonds is 8. The number of thiophene rings is 1. The summed E-state index contributed by atoms with van der Waals surface area (Å²) in [5, 5.41) is 19.6. The Balaban J connectivity index is 1.32. The van der Waals surface area contributed by atoms with Gasteiger partial charge < -0.3 is 25.2 Å². The predicted molar refractivity (Wildman–Crippen MR) is 144 cm³/mol. The zero-order chi connectivity index (χ0) is 26.8. The second kappa shape index (κ2) is 10.6. The van der Waals surface area contributed by atoms with Crippen LogP contribution < -0.4 is 20.1 Å². The molecule has 4 aromatic heterocycles. The van der Waals surface area contributed by atoms with Gasteiger partial charge >= 0.3 is 0 Å². The second-order valence-electron chi connectivity index (χ2n) is 8.80. The van der Waals surface area contributed by atoms with Gasteiger partial charge in [-0.1, -0.05) is 12.1 Å². The number of amides is 2. The molecule has 0 bridgehead atoms. The molecule has 0 saturated carbocycles. The van der Waals surface area contributed by atoms with Gasteiger partial charge in [0.05, 0.1) is 18.2 Å². The van der Waals surface area contributed by atoms with Gasteiger partial charge in [0.2, 0.25) is 6.79 Å². The van der Waals surface area contributed by atoms with Crippen LogP contribution in [0.5, 0.6) is 11.5 Å². The van der Waals surface area contributed by atoms with Gasteiger partial charge in [0.1, 0.15) is 11.4 Å². The molecule has 6 rings (SSSR count). The molecule has 10 nitrogen and oxygen atoms in total.